The molecule has 0 unspecified atom stereocenters. The second kappa shape index (κ2) is 3.53. The van der Waals surface area contributed by atoms with E-state index >= 15 is 0 Å². The lowest BCUT2D eigenvalue weighted by Crippen LogP contribution is -2.34. The van der Waals surface area contributed by atoms with Crippen LogP contribution >= 0.6 is 0 Å². The summed E-state index contributed by atoms with van der Waals surface area (Å²) in [7, 11) is 1.78. The number of carbonyl (C=O) groups excluding carboxylic acids is 1. The minimum absolute atomic E-state index is 0.0192. The van der Waals surface area contributed by atoms with Gasteiger partial charge in [-0.2, -0.15) is 0 Å². The summed E-state index contributed by atoms with van der Waals surface area (Å²) in [5, 5.41) is 5.97. The Kier molecular flexibility index (Phi) is 2.34. The molecule has 15 heavy (non-hydrogen) atoms. The highest BCUT2D eigenvalue weighted by Crippen LogP contribution is 2.34. The van der Waals surface area contributed by atoms with Crippen LogP contribution in [0.5, 0.6) is 0 Å². The number of hydrogen-bond donors (Lipinski definition) is 2. The first kappa shape index (κ1) is 9.96. The van der Waals surface area contributed by atoms with E-state index in [1.807, 2.05) is 0 Å². The van der Waals surface area contributed by atoms with Crippen molar-refractivity contribution in [2.75, 3.05) is 12.4 Å². The summed E-state index contributed by atoms with van der Waals surface area (Å²) in [5.74, 6) is -0.0262. The van der Waals surface area contributed by atoms with E-state index in [2.05, 4.69) is 22.5 Å². The molecule has 0 aromatic carbocycles. The average Bonchev–Trinajstić information content (AvgIpc) is 2.96. The number of carbonyl (C=O) groups is 1. The predicted octanol–water partition coefficient (Wildman–Crippen LogP) is 1.41. The van der Waals surface area contributed by atoms with E-state index in [0.29, 0.717) is 5.56 Å². The normalized spacial score (nSPS) is 16.9. The van der Waals surface area contributed by atoms with Crippen molar-refractivity contribution in [3.8, 4) is 0 Å². The zero-order valence-corrected chi connectivity index (χ0v) is 9.00. The van der Waals surface area contributed by atoms with Crippen LogP contribution in [0.2, 0.25) is 0 Å². The summed E-state index contributed by atoms with van der Waals surface area (Å²) in [5.41, 5.74) is 1.44. The van der Waals surface area contributed by atoms with Gasteiger partial charge in [-0.05, 0) is 25.8 Å². The number of amides is 1. The highest BCUT2D eigenvalue weighted by atomic mass is 16.1. The van der Waals surface area contributed by atoms with Gasteiger partial charge in [0.15, 0.2) is 0 Å². The number of nitrogens with one attached hydrogen (secondary N) is 2. The van der Waals surface area contributed by atoms with Crippen LogP contribution in [-0.2, 0) is 0 Å². The largest absolute Gasteiger partial charge is 0.386 e. The molecule has 0 radical (unpaired) electrons. The molecule has 0 atom stereocenters. The Balaban J connectivity index is 2.17. The zero-order chi connectivity index (χ0) is 10.9. The van der Waals surface area contributed by atoms with Crippen molar-refractivity contribution in [2.24, 2.45) is 0 Å². The van der Waals surface area contributed by atoms with Gasteiger partial charge in [0.2, 0.25) is 0 Å². The van der Waals surface area contributed by atoms with Crippen LogP contribution in [0.1, 0.15) is 30.1 Å². The van der Waals surface area contributed by atoms with Crippen LogP contribution in [-0.4, -0.2) is 23.5 Å². The van der Waals surface area contributed by atoms with E-state index in [-0.39, 0.29) is 11.4 Å². The molecule has 1 saturated carbocycles. The maximum Gasteiger partial charge on any atom is 0.253 e. The average molecular weight is 205 g/mol. The molecular weight excluding hydrogens is 190 g/mol. The van der Waals surface area contributed by atoms with Gasteiger partial charge in [0.25, 0.3) is 5.91 Å². The lowest BCUT2D eigenvalue weighted by atomic mass is 10.2. The van der Waals surface area contributed by atoms with E-state index in [1.54, 1.807) is 25.5 Å². The second-order valence-electron chi connectivity index (χ2n) is 4.19. The lowest BCUT2D eigenvalue weighted by molar-refractivity contribution is 0.0936. The Morgan fingerprint density at radius 3 is 2.87 bits per heavy atom. The molecule has 80 valence electrons. The second-order valence-corrected chi connectivity index (χ2v) is 4.19. The molecule has 1 aliphatic carbocycles. The fraction of sp³-hybridized carbons (Fsp3) is 0.455. The van der Waals surface area contributed by atoms with Crippen molar-refractivity contribution < 1.29 is 4.79 Å². The van der Waals surface area contributed by atoms with Gasteiger partial charge in [-0.15, -0.1) is 0 Å². The minimum atomic E-state index is -0.0262. The summed E-state index contributed by atoms with van der Waals surface area (Å²) in [6, 6.07) is 1.73. The van der Waals surface area contributed by atoms with Crippen molar-refractivity contribution in [2.45, 2.75) is 25.3 Å². The first-order valence-corrected chi connectivity index (χ1v) is 5.09. The SMILES string of the molecule is CNc1cnccc1C(=O)NC1(C)CC1. The Labute approximate surface area is 89.1 Å². The first-order chi connectivity index (χ1) is 7.14. The van der Waals surface area contributed by atoms with Crippen molar-refractivity contribution in [1.82, 2.24) is 10.3 Å². The first-order valence-electron chi connectivity index (χ1n) is 5.09. The summed E-state index contributed by atoms with van der Waals surface area (Å²) in [6.07, 6.45) is 5.42. The monoisotopic (exact) mass is 205 g/mol. The van der Waals surface area contributed by atoms with Crippen LogP contribution in [0.4, 0.5) is 5.69 Å². The van der Waals surface area contributed by atoms with E-state index in [0.717, 1.165) is 18.5 Å². The van der Waals surface area contributed by atoms with E-state index in [1.165, 1.54) is 0 Å². The molecule has 1 fully saturated rings. The van der Waals surface area contributed by atoms with Crippen LogP contribution in [0.25, 0.3) is 0 Å². The lowest BCUT2D eigenvalue weighted by Gasteiger charge is -2.13. The maximum atomic E-state index is 11.9. The molecule has 1 aromatic rings. The third kappa shape index (κ3) is 2.09. The quantitative estimate of drug-likeness (QED) is 0.784. The number of pyridine rings is 1. The molecular formula is C11H15N3O. The Bertz CT molecular complexity index is 385. The van der Waals surface area contributed by atoms with Crippen LogP contribution in [0.3, 0.4) is 0 Å². The molecule has 1 heterocycles. The number of nitrogens with zero attached hydrogens (tertiary/aromatic N) is 1. The Hall–Kier alpha value is -1.58. The fourth-order valence-electron chi connectivity index (χ4n) is 1.45. The van der Waals surface area contributed by atoms with Crippen LogP contribution in [0, 0.1) is 0 Å². The van der Waals surface area contributed by atoms with Gasteiger partial charge < -0.3 is 10.6 Å². The summed E-state index contributed by atoms with van der Waals surface area (Å²) < 4.78 is 0. The van der Waals surface area contributed by atoms with Gasteiger partial charge in [0, 0.05) is 18.8 Å². The van der Waals surface area contributed by atoms with E-state index in [4.69, 9.17) is 0 Å². The highest BCUT2D eigenvalue weighted by molar-refractivity contribution is 5.99. The minimum Gasteiger partial charge on any atom is -0.386 e. The van der Waals surface area contributed by atoms with Gasteiger partial charge in [-0.3, -0.25) is 9.78 Å². The highest BCUT2D eigenvalue weighted by Gasteiger charge is 2.39. The molecule has 2 rings (SSSR count). The molecule has 1 aliphatic rings. The van der Waals surface area contributed by atoms with Gasteiger partial charge in [0.1, 0.15) is 0 Å². The third-order valence-electron chi connectivity index (χ3n) is 2.75. The zero-order valence-electron chi connectivity index (χ0n) is 9.00. The van der Waals surface area contributed by atoms with Crippen molar-refractivity contribution in [3.63, 3.8) is 0 Å². The molecule has 4 heteroatoms. The molecule has 0 saturated heterocycles. The molecule has 1 aromatic heterocycles. The topological polar surface area (TPSA) is 54.0 Å². The molecule has 1 amide bonds. The van der Waals surface area contributed by atoms with E-state index in [9.17, 15) is 4.79 Å². The maximum absolute atomic E-state index is 11.9. The summed E-state index contributed by atoms with van der Waals surface area (Å²) in [4.78, 5) is 15.9. The van der Waals surface area contributed by atoms with Gasteiger partial charge >= 0.3 is 0 Å². The van der Waals surface area contributed by atoms with Crippen molar-refractivity contribution in [3.05, 3.63) is 24.0 Å². The molecule has 4 nitrogen and oxygen atoms in total. The van der Waals surface area contributed by atoms with Crippen molar-refractivity contribution >= 4 is 11.6 Å². The van der Waals surface area contributed by atoms with Crippen LogP contribution in [0.15, 0.2) is 18.5 Å². The summed E-state index contributed by atoms with van der Waals surface area (Å²) in [6.45, 7) is 2.06. The predicted molar refractivity (Wildman–Crippen MR) is 58.9 cm³/mol. The fourth-order valence-corrected chi connectivity index (χ4v) is 1.45. The number of aromatic nitrogens is 1. The number of anilines is 1. The molecule has 0 bridgehead atoms. The Morgan fingerprint density at radius 1 is 1.53 bits per heavy atom. The van der Waals surface area contributed by atoms with Gasteiger partial charge in [0.05, 0.1) is 17.4 Å². The molecule has 2 N–H and O–H groups in total. The van der Waals surface area contributed by atoms with Gasteiger partial charge in [-0.25, -0.2) is 0 Å². The standard InChI is InChI=1S/C11H15N3O/c1-11(4-5-11)14-10(15)8-3-6-13-7-9(8)12-2/h3,6-7,12H,4-5H2,1-2H3,(H,14,15). The third-order valence-corrected chi connectivity index (χ3v) is 2.75. The van der Waals surface area contributed by atoms with Gasteiger partial charge in [-0.1, -0.05) is 0 Å². The molecule has 0 aliphatic heterocycles. The summed E-state index contributed by atoms with van der Waals surface area (Å²) >= 11 is 0. The smallest absolute Gasteiger partial charge is 0.253 e. The number of rotatable bonds is 3. The van der Waals surface area contributed by atoms with Crippen molar-refractivity contribution in [1.29, 1.82) is 0 Å². The Morgan fingerprint density at radius 2 is 2.27 bits per heavy atom. The van der Waals surface area contributed by atoms with E-state index < -0.39 is 0 Å². The van der Waals surface area contributed by atoms with Crippen LogP contribution < -0.4 is 10.6 Å². The number of hydrogen-bond acceptors (Lipinski definition) is 3. The molecule has 0 spiro atoms.